The molecule has 1 heterocycles. The largest absolute Gasteiger partial charge is 0.493 e. The maximum Gasteiger partial charge on any atom is 0.162 e. The Hall–Kier alpha value is -3.73. The van der Waals surface area contributed by atoms with Crippen molar-refractivity contribution in [3.8, 4) is 11.5 Å². The zero-order valence-corrected chi connectivity index (χ0v) is 19.8. The van der Waals surface area contributed by atoms with Gasteiger partial charge in [-0.25, -0.2) is 0 Å². The number of ketones is 1. The molecule has 5 rings (SSSR count). The normalized spacial score (nSPS) is 20.6. The van der Waals surface area contributed by atoms with Gasteiger partial charge in [0.2, 0.25) is 0 Å². The third-order valence-electron chi connectivity index (χ3n) is 6.49. The number of carbonyl (C=O) groups excluding carboxylic acids is 1. The Bertz CT molecular complexity index is 1230. The summed E-state index contributed by atoms with van der Waals surface area (Å²) >= 11 is 0. The number of fused-ring (bicyclic) bond motifs is 2. The lowest BCUT2D eigenvalue weighted by Gasteiger charge is -2.35. The van der Waals surface area contributed by atoms with Crippen molar-refractivity contribution < 1.29 is 14.3 Å². The minimum Gasteiger partial charge on any atom is -0.493 e. The second-order valence-corrected chi connectivity index (χ2v) is 9.69. The molecule has 2 atom stereocenters. The molecule has 174 valence electrons. The van der Waals surface area contributed by atoms with Crippen LogP contribution in [0.4, 0.5) is 11.4 Å². The van der Waals surface area contributed by atoms with E-state index in [4.69, 9.17) is 9.47 Å². The molecule has 34 heavy (non-hydrogen) atoms. The number of Topliss-reactive ketones (excluding diaryl/α,β-unsaturated/α-hetero) is 1. The summed E-state index contributed by atoms with van der Waals surface area (Å²) in [5.41, 5.74) is 4.76. The molecule has 0 saturated carbocycles. The number of nitrogens with one attached hydrogen (secondary N) is 2. The van der Waals surface area contributed by atoms with Gasteiger partial charge in [-0.1, -0.05) is 68.5 Å². The standard InChI is InChI=1S/C29H30N2O3/c1-29(2)16-23-27(24(32)17-29)28(31-22-12-8-7-11-21(22)30-23)20-13-14-25(33-3)26(15-20)34-18-19-9-5-4-6-10-19/h4-16,27-28,30-31H,17-18H2,1-3H3. The SMILES string of the molecule is COc1ccc(C2Nc3ccccc3NC3=CC(C)(C)CC(=O)C32)cc1OCc1ccccc1. The lowest BCUT2D eigenvalue weighted by Crippen LogP contribution is -2.36. The first-order valence-electron chi connectivity index (χ1n) is 11.7. The van der Waals surface area contributed by atoms with Crippen LogP contribution in [0.15, 0.2) is 84.6 Å². The van der Waals surface area contributed by atoms with Gasteiger partial charge in [-0.2, -0.15) is 0 Å². The summed E-state index contributed by atoms with van der Waals surface area (Å²) in [6, 6.07) is 23.8. The summed E-state index contributed by atoms with van der Waals surface area (Å²) in [6.45, 7) is 4.65. The Morgan fingerprint density at radius 1 is 0.941 bits per heavy atom. The fraction of sp³-hybridized carbons (Fsp3) is 0.276. The Morgan fingerprint density at radius 2 is 1.68 bits per heavy atom. The Morgan fingerprint density at radius 3 is 2.44 bits per heavy atom. The van der Waals surface area contributed by atoms with Gasteiger partial charge < -0.3 is 20.1 Å². The van der Waals surface area contributed by atoms with Gasteiger partial charge in [-0.05, 0) is 40.8 Å². The number of hydrogen-bond donors (Lipinski definition) is 2. The van der Waals surface area contributed by atoms with Gasteiger partial charge in [0.1, 0.15) is 12.4 Å². The summed E-state index contributed by atoms with van der Waals surface area (Å²) in [5, 5.41) is 7.20. The Kier molecular flexibility index (Phi) is 5.78. The minimum absolute atomic E-state index is 0.191. The average Bonchev–Trinajstić information content (AvgIpc) is 2.99. The van der Waals surface area contributed by atoms with Gasteiger partial charge in [0, 0.05) is 12.1 Å². The summed E-state index contributed by atoms with van der Waals surface area (Å²) < 4.78 is 11.8. The van der Waals surface area contributed by atoms with E-state index in [1.807, 2.05) is 72.8 Å². The molecule has 3 aromatic carbocycles. The van der Waals surface area contributed by atoms with Crippen molar-refractivity contribution in [2.45, 2.75) is 32.9 Å². The second kappa shape index (κ2) is 8.90. The molecule has 1 aliphatic carbocycles. The molecule has 0 saturated heterocycles. The van der Waals surface area contributed by atoms with Gasteiger partial charge in [-0.15, -0.1) is 0 Å². The molecule has 5 heteroatoms. The van der Waals surface area contributed by atoms with E-state index in [1.54, 1.807) is 7.11 Å². The van der Waals surface area contributed by atoms with Crippen molar-refractivity contribution in [2.75, 3.05) is 17.7 Å². The maximum absolute atomic E-state index is 13.5. The molecule has 0 spiro atoms. The van der Waals surface area contributed by atoms with Crippen LogP contribution in [0.2, 0.25) is 0 Å². The minimum atomic E-state index is -0.323. The van der Waals surface area contributed by atoms with Crippen LogP contribution >= 0.6 is 0 Å². The summed E-state index contributed by atoms with van der Waals surface area (Å²) in [7, 11) is 1.64. The van der Waals surface area contributed by atoms with Crippen LogP contribution < -0.4 is 20.1 Å². The molecule has 2 aliphatic rings. The van der Waals surface area contributed by atoms with E-state index < -0.39 is 0 Å². The number of para-hydroxylation sites is 2. The van der Waals surface area contributed by atoms with Crippen LogP contribution in [-0.2, 0) is 11.4 Å². The third kappa shape index (κ3) is 4.38. The molecule has 0 fully saturated rings. The number of anilines is 2. The number of ether oxygens (including phenoxy) is 2. The number of rotatable bonds is 5. The first-order valence-corrected chi connectivity index (χ1v) is 11.7. The zero-order chi connectivity index (χ0) is 23.7. The van der Waals surface area contributed by atoms with E-state index in [2.05, 4.69) is 30.6 Å². The van der Waals surface area contributed by atoms with Crippen molar-refractivity contribution in [2.24, 2.45) is 11.3 Å². The van der Waals surface area contributed by atoms with E-state index in [1.165, 1.54) is 0 Å². The van der Waals surface area contributed by atoms with Gasteiger partial charge in [0.15, 0.2) is 11.5 Å². The van der Waals surface area contributed by atoms with Crippen LogP contribution in [0.3, 0.4) is 0 Å². The van der Waals surface area contributed by atoms with Gasteiger partial charge in [-0.3, -0.25) is 4.79 Å². The van der Waals surface area contributed by atoms with Gasteiger partial charge >= 0.3 is 0 Å². The lowest BCUT2D eigenvalue weighted by molar-refractivity contribution is -0.124. The smallest absolute Gasteiger partial charge is 0.162 e. The van der Waals surface area contributed by atoms with Crippen molar-refractivity contribution in [1.82, 2.24) is 0 Å². The number of allylic oxidation sites excluding steroid dienone is 1. The predicted octanol–water partition coefficient (Wildman–Crippen LogP) is 6.35. The van der Waals surface area contributed by atoms with Crippen LogP contribution in [0.1, 0.15) is 37.4 Å². The van der Waals surface area contributed by atoms with Crippen LogP contribution in [-0.4, -0.2) is 12.9 Å². The van der Waals surface area contributed by atoms with E-state index in [0.717, 1.165) is 28.2 Å². The van der Waals surface area contributed by atoms with E-state index >= 15 is 0 Å². The Labute approximate surface area is 200 Å². The number of hydrogen-bond acceptors (Lipinski definition) is 5. The Balaban J connectivity index is 1.55. The molecule has 0 radical (unpaired) electrons. The average molecular weight is 455 g/mol. The molecule has 2 unspecified atom stereocenters. The third-order valence-corrected chi connectivity index (χ3v) is 6.49. The highest BCUT2D eigenvalue weighted by Gasteiger charge is 2.41. The summed E-state index contributed by atoms with van der Waals surface area (Å²) in [5.74, 6) is 1.22. The molecular weight excluding hydrogens is 424 g/mol. The van der Waals surface area contributed by atoms with Crippen molar-refractivity contribution in [3.05, 3.63) is 95.7 Å². The monoisotopic (exact) mass is 454 g/mol. The molecule has 0 bridgehead atoms. The molecule has 0 aromatic heterocycles. The zero-order valence-electron chi connectivity index (χ0n) is 19.8. The fourth-order valence-electron chi connectivity index (χ4n) is 4.91. The van der Waals surface area contributed by atoms with Gasteiger partial charge in [0.25, 0.3) is 0 Å². The molecule has 2 N–H and O–H groups in total. The topological polar surface area (TPSA) is 59.6 Å². The van der Waals surface area contributed by atoms with Crippen molar-refractivity contribution in [3.63, 3.8) is 0 Å². The first kappa shape index (κ1) is 22.1. The highest BCUT2D eigenvalue weighted by molar-refractivity contribution is 5.90. The van der Waals surface area contributed by atoms with Crippen LogP contribution in [0.25, 0.3) is 0 Å². The first-order chi connectivity index (χ1) is 16.4. The highest BCUT2D eigenvalue weighted by atomic mass is 16.5. The van der Waals surface area contributed by atoms with E-state index in [-0.39, 0.29) is 23.2 Å². The fourth-order valence-corrected chi connectivity index (χ4v) is 4.91. The van der Waals surface area contributed by atoms with Crippen molar-refractivity contribution in [1.29, 1.82) is 0 Å². The number of methoxy groups -OCH3 is 1. The number of benzene rings is 3. The van der Waals surface area contributed by atoms with E-state index in [9.17, 15) is 4.79 Å². The maximum atomic E-state index is 13.5. The molecule has 1 aliphatic heterocycles. The lowest BCUT2D eigenvalue weighted by atomic mass is 9.72. The summed E-state index contributed by atoms with van der Waals surface area (Å²) in [4.78, 5) is 13.5. The highest BCUT2D eigenvalue weighted by Crippen LogP contribution is 2.46. The van der Waals surface area contributed by atoms with Gasteiger partial charge in [0.05, 0.1) is 30.4 Å². The van der Waals surface area contributed by atoms with E-state index in [0.29, 0.717) is 24.5 Å². The molecule has 0 amide bonds. The quantitative estimate of drug-likeness (QED) is 0.470. The summed E-state index contributed by atoms with van der Waals surface area (Å²) in [6.07, 6.45) is 2.72. The molecular formula is C29H30N2O3. The predicted molar refractivity (Wildman–Crippen MR) is 135 cm³/mol. The number of carbonyl (C=O) groups is 1. The van der Waals surface area contributed by atoms with Crippen molar-refractivity contribution >= 4 is 17.2 Å². The van der Waals surface area contributed by atoms with Crippen LogP contribution in [0.5, 0.6) is 11.5 Å². The molecule has 3 aromatic rings. The molecule has 5 nitrogen and oxygen atoms in total. The second-order valence-electron chi connectivity index (χ2n) is 9.69. The van der Waals surface area contributed by atoms with Crippen LogP contribution in [0, 0.1) is 11.3 Å².